The zero-order valence-electron chi connectivity index (χ0n) is 9.21. The summed E-state index contributed by atoms with van der Waals surface area (Å²) in [5.74, 6) is 0.802. The molecule has 4 N–H and O–H groups in total. The van der Waals surface area contributed by atoms with E-state index in [0.29, 0.717) is 23.8 Å². The van der Waals surface area contributed by atoms with Crippen molar-refractivity contribution in [3.8, 4) is 0 Å². The number of nitrogens with two attached hydrogens (primary N) is 1. The lowest BCUT2D eigenvalue weighted by atomic mass is 10.3. The van der Waals surface area contributed by atoms with Gasteiger partial charge in [-0.25, -0.2) is 0 Å². The van der Waals surface area contributed by atoms with Gasteiger partial charge in [0.15, 0.2) is 5.16 Å². The third-order valence-electron chi connectivity index (χ3n) is 1.88. The van der Waals surface area contributed by atoms with Crippen LogP contribution in [-0.4, -0.2) is 31.6 Å². The van der Waals surface area contributed by atoms with Gasteiger partial charge in [-0.2, -0.15) is 4.98 Å². The van der Waals surface area contributed by atoms with Gasteiger partial charge in [0.1, 0.15) is 5.84 Å². The second-order valence-electron chi connectivity index (χ2n) is 3.24. The summed E-state index contributed by atoms with van der Waals surface area (Å²) in [6.45, 7) is 0. The number of nitrogens with one attached hydrogen (secondary N) is 1. The summed E-state index contributed by atoms with van der Waals surface area (Å²) < 4.78 is 1.39. The number of aryl methyl sites for hydroxylation is 1. The molecule has 0 aromatic carbocycles. The fourth-order valence-electron chi connectivity index (χ4n) is 1.06. The van der Waals surface area contributed by atoms with Crippen molar-refractivity contribution in [1.82, 2.24) is 14.8 Å². The maximum absolute atomic E-state index is 11.0. The van der Waals surface area contributed by atoms with Gasteiger partial charge in [-0.3, -0.25) is 19.4 Å². The molecular weight excluding hydrogens is 246 g/mol. The molecule has 8 nitrogen and oxygen atoms in total. The lowest BCUT2D eigenvalue weighted by Crippen LogP contribution is -2.33. The van der Waals surface area contributed by atoms with E-state index in [1.807, 2.05) is 0 Å². The fraction of sp³-hybridized carbons (Fsp3) is 0.500. The van der Waals surface area contributed by atoms with Crippen LogP contribution in [0.2, 0.25) is 0 Å². The Balaban J connectivity index is 2.56. The zero-order chi connectivity index (χ0) is 12.8. The molecule has 9 heteroatoms. The van der Waals surface area contributed by atoms with E-state index < -0.39 is 11.1 Å². The fourth-order valence-corrected chi connectivity index (χ4v) is 1.91. The van der Waals surface area contributed by atoms with Gasteiger partial charge in [0.2, 0.25) is 0 Å². The van der Waals surface area contributed by atoms with Crippen molar-refractivity contribution in [3.05, 3.63) is 20.7 Å². The minimum Gasteiger partial charge on any atom is -0.409 e. The molecule has 0 aliphatic heterocycles. The van der Waals surface area contributed by atoms with Crippen molar-refractivity contribution >= 4 is 17.6 Å². The minimum absolute atomic E-state index is 0.161. The second-order valence-corrected chi connectivity index (χ2v) is 4.30. The van der Waals surface area contributed by atoms with Crippen LogP contribution in [0, 0.1) is 0 Å². The van der Waals surface area contributed by atoms with Gasteiger partial charge in [-0.1, -0.05) is 16.9 Å². The van der Waals surface area contributed by atoms with Gasteiger partial charge in [-0.05, 0) is 6.42 Å². The first-order chi connectivity index (χ1) is 8.04. The predicted molar refractivity (Wildman–Crippen MR) is 63.5 cm³/mol. The monoisotopic (exact) mass is 259 g/mol. The molecule has 0 spiro atoms. The Morgan fingerprint density at radius 2 is 2.35 bits per heavy atom. The van der Waals surface area contributed by atoms with Gasteiger partial charge >= 0.3 is 11.1 Å². The molecule has 0 aliphatic rings. The molecular formula is C8H13N5O3S. The van der Waals surface area contributed by atoms with E-state index in [4.69, 9.17) is 10.9 Å². The number of aromatic amines is 1. The van der Waals surface area contributed by atoms with Crippen LogP contribution >= 0.6 is 11.8 Å². The normalized spacial score (nSPS) is 11.7. The van der Waals surface area contributed by atoms with E-state index in [1.54, 1.807) is 7.05 Å². The van der Waals surface area contributed by atoms with E-state index in [1.165, 1.54) is 16.4 Å². The van der Waals surface area contributed by atoms with Crippen LogP contribution in [0.5, 0.6) is 0 Å². The summed E-state index contributed by atoms with van der Waals surface area (Å²) in [5, 5.41) is 13.9. The van der Waals surface area contributed by atoms with Crippen molar-refractivity contribution < 1.29 is 5.21 Å². The van der Waals surface area contributed by atoms with Crippen LogP contribution in [0.4, 0.5) is 0 Å². The molecule has 0 saturated heterocycles. The summed E-state index contributed by atoms with van der Waals surface area (Å²) in [6.07, 6.45) is 1.14. The number of aromatic nitrogens is 3. The number of nitrogens with zero attached hydrogens (tertiary/aromatic N) is 3. The van der Waals surface area contributed by atoms with Crippen molar-refractivity contribution in [1.29, 1.82) is 0 Å². The molecule has 1 aromatic heterocycles. The van der Waals surface area contributed by atoms with E-state index in [9.17, 15) is 9.59 Å². The third-order valence-corrected chi connectivity index (χ3v) is 3.00. The molecule has 0 fully saturated rings. The number of H-pyrrole nitrogens is 1. The smallest absolute Gasteiger partial charge is 0.339 e. The Labute approximate surface area is 101 Å². The highest BCUT2D eigenvalue weighted by Crippen LogP contribution is 2.13. The SMILES string of the molecule is Cn1[nH]c(=O)c(=O)nc1SCCCC(N)=NO. The number of hydrogen-bond acceptors (Lipinski definition) is 6. The first-order valence-corrected chi connectivity index (χ1v) is 5.79. The molecule has 94 valence electrons. The van der Waals surface area contributed by atoms with Crippen molar-refractivity contribution in [2.45, 2.75) is 18.0 Å². The van der Waals surface area contributed by atoms with Gasteiger partial charge in [0.25, 0.3) is 0 Å². The number of hydrogen-bond donors (Lipinski definition) is 3. The van der Waals surface area contributed by atoms with Crippen LogP contribution < -0.4 is 16.9 Å². The molecule has 0 bridgehead atoms. The number of thioether (sulfide) groups is 1. The second kappa shape index (κ2) is 6.09. The first kappa shape index (κ1) is 13.3. The van der Waals surface area contributed by atoms with E-state index >= 15 is 0 Å². The molecule has 0 saturated carbocycles. The molecule has 0 atom stereocenters. The van der Waals surface area contributed by atoms with Crippen molar-refractivity contribution in [3.63, 3.8) is 0 Å². The van der Waals surface area contributed by atoms with Gasteiger partial charge in [-0.15, -0.1) is 0 Å². The Kier molecular flexibility index (Phi) is 4.76. The number of oxime groups is 1. The Morgan fingerprint density at radius 3 is 3.00 bits per heavy atom. The topological polar surface area (TPSA) is 126 Å². The maximum Gasteiger partial charge on any atom is 0.339 e. The van der Waals surface area contributed by atoms with Crippen LogP contribution in [0.3, 0.4) is 0 Å². The summed E-state index contributed by atoms with van der Waals surface area (Å²) >= 11 is 1.31. The van der Waals surface area contributed by atoms with Crippen LogP contribution in [0.25, 0.3) is 0 Å². The molecule has 0 amide bonds. The van der Waals surface area contributed by atoms with Crippen LogP contribution in [0.1, 0.15) is 12.8 Å². The maximum atomic E-state index is 11.0. The Bertz CT molecular complexity index is 521. The number of amidine groups is 1. The van der Waals surface area contributed by atoms with Gasteiger partial charge in [0, 0.05) is 19.2 Å². The quantitative estimate of drug-likeness (QED) is 0.119. The summed E-state index contributed by atoms with van der Waals surface area (Å²) in [5.41, 5.74) is 3.75. The minimum atomic E-state index is -0.804. The lowest BCUT2D eigenvalue weighted by molar-refractivity contribution is 0.317. The van der Waals surface area contributed by atoms with Crippen molar-refractivity contribution in [2.24, 2.45) is 17.9 Å². The average Bonchev–Trinajstić information content (AvgIpc) is 2.30. The highest BCUT2D eigenvalue weighted by molar-refractivity contribution is 7.99. The van der Waals surface area contributed by atoms with Crippen LogP contribution in [-0.2, 0) is 7.05 Å². The first-order valence-electron chi connectivity index (χ1n) is 4.81. The predicted octanol–water partition coefficient (Wildman–Crippen LogP) is -0.913. The molecule has 17 heavy (non-hydrogen) atoms. The molecule has 0 radical (unpaired) electrons. The van der Waals surface area contributed by atoms with E-state index in [-0.39, 0.29) is 5.84 Å². The molecule has 0 unspecified atom stereocenters. The van der Waals surface area contributed by atoms with Gasteiger partial charge < -0.3 is 10.9 Å². The standard InChI is InChI=1S/C8H13N5O3S/c1-13-8(10-6(14)7(15)11-13)17-4-2-3-5(9)12-16/h16H,2-4H2,1H3,(H2,9,12)(H,11,15). The Morgan fingerprint density at radius 1 is 1.65 bits per heavy atom. The largest absolute Gasteiger partial charge is 0.409 e. The molecule has 0 aliphatic carbocycles. The number of rotatable bonds is 5. The van der Waals surface area contributed by atoms with Crippen LogP contribution in [0.15, 0.2) is 19.9 Å². The van der Waals surface area contributed by atoms with Gasteiger partial charge in [0.05, 0.1) is 0 Å². The van der Waals surface area contributed by atoms with E-state index in [2.05, 4.69) is 15.2 Å². The van der Waals surface area contributed by atoms with E-state index in [0.717, 1.165) is 0 Å². The zero-order valence-corrected chi connectivity index (χ0v) is 10.0. The average molecular weight is 259 g/mol. The highest BCUT2D eigenvalue weighted by atomic mass is 32.2. The third kappa shape index (κ3) is 3.94. The summed E-state index contributed by atoms with van der Waals surface area (Å²) in [4.78, 5) is 25.6. The molecule has 1 rings (SSSR count). The van der Waals surface area contributed by atoms with Crippen molar-refractivity contribution in [2.75, 3.05) is 5.75 Å². The molecule has 1 aromatic rings. The summed E-state index contributed by atoms with van der Waals surface area (Å²) in [7, 11) is 1.60. The molecule has 1 heterocycles. The highest BCUT2D eigenvalue weighted by Gasteiger charge is 2.04. The lowest BCUT2D eigenvalue weighted by Gasteiger charge is -2.05. The summed E-state index contributed by atoms with van der Waals surface area (Å²) in [6, 6.07) is 0. The Hall–Kier alpha value is -1.77.